The molecular formula is C17H18FNO3. The highest BCUT2D eigenvalue weighted by Gasteiger charge is 2.11. The number of carbonyl (C=O) groups excluding carboxylic acids is 1. The van der Waals surface area contributed by atoms with E-state index in [4.69, 9.17) is 9.47 Å². The maximum absolute atomic E-state index is 12.9. The van der Waals surface area contributed by atoms with E-state index in [0.717, 1.165) is 5.56 Å². The van der Waals surface area contributed by atoms with Gasteiger partial charge in [-0.2, -0.15) is 0 Å². The van der Waals surface area contributed by atoms with Gasteiger partial charge in [0.05, 0.1) is 12.2 Å². The molecule has 0 radical (unpaired) electrons. The van der Waals surface area contributed by atoms with Crippen LogP contribution >= 0.6 is 0 Å². The van der Waals surface area contributed by atoms with Gasteiger partial charge in [-0.25, -0.2) is 4.39 Å². The minimum atomic E-state index is -0.290. The Morgan fingerprint density at radius 1 is 1.14 bits per heavy atom. The first kappa shape index (κ1) is 16.0. The van der Waals surface area contributed by atoms with Crippen LogP contribution in [-0.2, 0) is 11.3 Å². The maximum atomic E-state index is 12.9. The number of ether oxygens (including phenoxy) is 2. The maximum Gasteiger partial charge on any atom is 0.255 e. The Kier molecular flexibility index (Phi) is 5.91. The zero-order valence-corrected chi connectivity index (χ0v) is 12.3. The number of hydrogen-bond acceptors (Lipinski definition) is 3. The number of para-hydroxylation sites is 1. The van der Waals surface area contributed by atoms with Crippen molar-refractivity contribution in [3.05, 3.63) is 65.5 Å². The lowest BCUT2D eigenvalue weighted by Gasteiger charge is -2.11. The van der Waals surface area contributed by atoms with Crippen molar-refractivity contribution in [1.82, 2.24) is 5.32 Å². The Labute approximate surface area is 128 Å². The number of halogens is 1. The molecule has 4 nitrogen and oxygen atoms in total. The first-order valence-electron chi connectivity index (χ1n) is 6.94. The summed E-state index contributed by atoms with van der Waals surface area (Å²) in [6.07, 6.45) is 0. The number of hydrogen-bond donors (Lipinski definition) is 1. The summed E-state index contributed by atoms with van der Waals surface area (Å²) in [7, 11) is 1.58. The zero-order valence-electron chi connectivity index (χ0n) is 12.3. The molecule has 0 aromatic heterocycles. The number of nitrogens with one attached hydrogen (secondary N) is 1. The predicted octanol–water partition coefficient (Wildman–Crippen LogP) is 2.78. The molecule has 2 aromatic rings. The molecule has 0 fully saturated rings. The molecule has 116 valence electrons. The molecule has 0 unspecified atom stereocenters. The fraction of sp³-hybridized carbons (Fsp3) is 0.235. The number of rotatable bonds is 7. The van der Waals surface area contributed by atoms with Gasteiger partial charge >= 0.3 is 0 Å². The second-order valence-electron chi connectivity index (χ2n) is 4.66. The molecule has 0 heterocycles. The minimum Gasteiger partial charge on any atom is -0.488 e. The van der Waals surface area contributed by atoms with Crippen LogP contribution in [0.5, 0.6) is 5.75 Å². The smallest absolute Gasteiger partial charge is 0.255 e. The Hall–Kier alpha value is -2.40. The van der Waals surface area contributed by atoms with E-state index >= 15 is 0 Å². The lowest BCUT2D eigenvalue weighted by Crippen LogP contribution is -2.27. The van der Waals surface area contributed by atoms with Crippen LogP contribution in [0.4, 0.5) is 4.39 Å². The Balaban J connectivity index is 2.01. The summed E-state index contributed by atoms with van der Waals surface area (Å²) < 4.78 is 23.4. The molecular weight excluding hydrogens is 285 g/mol. The summed E-state index contributed by atoms with van der Waals surface area (Å²) in [6.45, 7) is 1.15. The third-order valence-corrected chi connectivity index (χ3v) is 3.03. The molecule has 0 aliphatic carbocycles. The van der Waals surface area contributed by atoms with Gasteiger partial charge in [-0.1, -0.05) is 24.3 Å². The van der Waals surface area contributed by atoms with E-state index in [0.29, 0.717) is 24.5 Å². The van der Waals surface area contributed by atoms with Crippen LogP contribution in [0.15, 0.2) is 48.5 Å². The first-order valence-corrected chi connectivity index (χ1v) is 6.94. The van der Waals surface area contributed by atoms with Crippen molar-refractivity contribution >= 4 is 5.91 Å². The average Bonchev–Trinajstić information content (AvgIpc) is 2.55. The number of benzene rings is 2. The molecule has 2 aromatic carbocycles. The number of amides is 1. The molecule has 22 heavy (non-hydrogen) atoms. The number of carbonyl (C=O) groups is 1. The molecule has 0 saturated heterocycles. The third kappa shape index (κ3) is 4.56. The van der Waals surface area contributed by atoms with E-state index in [1.54, 1.807) is 43.5 Å². The van der Waals surface area contributed by atoms with Crippen LogP contribution < -0.4 is 10.1 Å². The van der Waals surface area contributed by atoms with Crippen LogP contribution in [0.1, 0.15) is 15.9 Å². The monoisotopic (exact) mass is 303 g/mol. The van der Waals surface area contributed by atoms with E-state index in [-0.39, 0.29) is 18.3 Å². The molecule has 1 N–H and O–H groups in total. The van der Waals surface area contributed by atoms with Crippen molar-refractivity contribution in [3.63, 3.8) is 0 Å². The highest BCUT2D eigenvalue weighted by molar-refractivity contribution is 5.96. The van der Waals surface area contributed by atoms with Crippen molar-refractivity contribution in [1.29, 1.82) is 0 Å². The molecule has 0 spiro atoms. The molecule has 0 saturated carbocycles. The Bertz CT molecular complexity index is 614. The quantitative estimate of drug-likeness (QED) is 0.800. The van der Waals surface area contributed by atoms with Gasteiger partial charge < -0.3 is 14.8 Å². The fourth-order valence-corrected chi connectivity index (χ4v) is 1.88. The summed E-state index contributed by atoms with van der Waals surface area (Å²) in [5.41, 5.74) is 1.29. The SMILES string of the molecule is COCCNC(=O)c1ccccc1OCc1ccc(F)cc1. The normalized spacial score (nSPS) is 10.3. The molecule has 0 aliphatic heterocycles. The fourth-order valence-electron chi connectivity index (χ4n) is 1.88. The van der Waals surface area contributed by atoms with Gasteiger partial charge in [0.2, 0.25) is 0 Å². The Morgan fingerprint density at radius 2 is 1.86 bits per heavy atom. The van der Waals surface area contributed by atoms with Gasteiger partial charge in [0.15, 0.2) is 0 Å². The second-order valence-corrected chi connectivity index (χ2v) is 4.66. The van der Waals surface area contributed by atoms with E-state index in [2.05, 4.69) is 5.32 Å². The van der Waals surface area contributed by atoms with E-state index < -0.39 is 0 Å². The minimum absolute atomic E-state index is 0.216. The lowest BCUT2D eigenvalue weighted by molar-refractivity contribution is 0.0932. The lowest BCUT2D eigenvalue weighted by atomic mass is 10.2. The van der Waals surface area contributed by atoms with Gasteiger partial charge in [0.25, 0.3) is 5.91 Å². The average molecular weight is 303 g/mol. The summed E-state index contributed by atoms with van der Waals surface area (Å²) in [6, 6.07) is 13.1. The molecule has 1 amide bonds. The van der Waals surface area contributed by atoms with Crippen LogP contribution in [-0.4, -0.2) is 26.2 Å². The standard InChI is InChI=1S/C17H18FNO3/c1-21-11-10-19-17(20)15-4-2-3-5-16(15)22-12-13-6-8-14(18)9-7-13/h2-9H,10-12H2,1H3,(H,19,20). The highest BCUT2D eigenvalue weighted by atomic mass is 19.1. The molecule has 5 heteroatoms. The van der Waals surface area contributed by atoms with Gasteiger partial charge in [0.1, 0.15) is 18.2 Å². The zero-order chi connectivity index (χ0) is 15.8. The molecule has 2 rings (SSSR count). The van der Waals surface area contributed by atoms with Crippen LogP contribution in [0.3, 0.4) is 0 Å². The molecule has 0 atom stereocenters. The van der Waals surface area contributed by atoms with Crippen LogP contribution in [0.25, 0.3) is 0 Å². The van der Waals surface area contributed by atoms with Crippen molar-refractivity contribution in [2.45, 2.75) is 6.61 Å². The van der Waals surface area contributed by atoms with Crippen LogP contribution in [0, 0.1) is 5.82 Å². The third-order valence-electron chi connectivity index (χ3n) is 3.03. The Morgan fingerprint density at radius 3 is 2.59 bits per heavy atom. The second kappa shape index (κ2) is 8.14. The van der Waals surface area contributed by atoms with E-state index in [1.165, 1.54) is 12.1 Å². The topological polar surface area (TPSA) is 47.6 Å². The summed E-state index contributed by atoms with van der Waals surface area (Å²) in [4.78, 5) is 12.1. The first-order chi connectivity index (χ1) is 10.7. The van der Waals surface area contributed by atoms with E-state index in [1.807, 2.05) is 0 Å². The largest absolute Gasteiger partial charge is 0.488 e. The van der Waals surface area contributed by atoms with Gasteiger partial charge in [0, 0.05) is 13.7 Å². The van der Waals surface area contributed by atoms with Crippen molar-refractivity contribution < 1.29 is 18.7 Å². The highest BCUT2D eigenvalue weighted by Crippen LogP contribution is 2.19. The van der Waals surface area contributed by atoms with Gasteiger partial charge in [-0.3, -0.25) is 4.79 Å². The predicted molar refractivity (Wildman–Crippen MR) is 81.4 cm³/mol. The van der Waals surface area contributed by atoms with Crippen molar-refractivity contribution in [2.75, 3.05) is 20.3 Å². The summed E-state index contributed by atoms with van der Waals surface area (Å²) in [5, 5.41) is 2.75. The molecule has 0 aliphatic rings. The van der Waals surface area contributed by atoms with Crippen molar-refractivity contribution in [3.8, 4) is 5.75 Å². The molecule has 0 bridgehead atoms. The van der Waals surface area contributed by atoms with E-state index in [9.17, 15) is 9.18 Å². The summed E-state index contributed by atoms with van der Waals surface area (Å²) in [5.74, 6) is -0.0184. The van der Waals surface area contributed by atoms with Gasteiger partial charge in [-0.15, -0.1) is 0 Å². The summed E-state index contributed by atoms with van der Waals surface area (Å²) >= 11 is 0. The van der Waals surface area contributed by atoms with Crippen LogP contribution in [0.2, 0.25) is 0 Å². The van der Waals surface area contributed by atoms with Gasteiger partial charge in [-0.05, 0) is 29.8 Å². The number of methoxy groups -OCH3 is 1. The van der Waals surface area contributed by atoms with Crippen molar-refractivity contribution in [2.24, 2.45) is 0 Å².